The number of esters is 1. The summed E-state index contributed by atoms with van der Waals surface area (Å²) in [7, 11) is 1.44. The predicted molar refractivity (Wildman–Crippen MR) is 218 cm³/mol. The van der Waals surface area contributed by atoms with Gasteiger partial charge < -0.3 is 24.4 Å². The second kappa shape index (κ2) is 23.6. The molecule has 2 rings (SSSR count). The van der Waals surface area contributed by atoms with E-state index in [2.05, 4.69) is 17.1 Å². The van der Waals surface area contributed by atoms with Crippen molar-refractivity contribution in [3.05, 3.63) is 41.6 Å². The number of aromatic nitrogens is 1. The Hall–Kier alpha value is -4.15. The summed E-state index contributed by atoms with van der Waals surface area (Å²) < 4.78 is 16.7. The number of nitrogens with one attached hydrogen (secondary N) is 1. The number of nitrogens with zero attached hydrogens (tertiary/aromatic N) is 3. The Morgan fingerprint density at radius 1 is 0.815 bits per heavy atom. The lowest BCUT2D eigenvalue weighted by Crippen LogP contribution is -2.56. The normalized spacial score (nSPS) is 11.9. The van der Waals surface area contributed by atoms with E-state index < -0.39 is 41.3 Å². The Morgan fingerprint density at radius 3 is 1.89 bits per heavy atom. The molecular formula is C43H68N4O7. The average Bonchev–Trinajstić information content (AvgIpc) is 3.12. The number of amides is 2. The van der Waals surface area contributed by atoms with Gasteiger partial charge in [-0.25, -0.2) is 14.6 Å². The van der Waals surface area contributed by atoms with Crippen LogP contribution in [0.4, 0.5) is 22.0 Å². The van der Waals surface area contributed by atoms with Gasteiger partial charge in [-0.15, -0.1) is 0 Å². The Morgan fingerprint density at radius 2 is 1.39 bits per heavy atom. The lowest BCUT2D eigenvalue weighted by atomic mass is 9.85. The molecular weight excluding hydrogens is 684 g/mol. The molecule has 11 nitrogen and oxygen atoms in total. The molecule has 0 aliphatic heterocycles. The van der Waals surface area contributed by atoms with Gasteiger partial charge in [-0.1, -0.05) is 98.3 Å². The monoisotopic (exact) mass is 753 g/mol. The minimum absolute atomic E-state index is 0.151. The summed E-state index contributed by atoms with van der Waals surface area (Å²) in [4.78, 5) is 63.3. The third kappa shape index (κ3) is 14.6. The maximum Gasteiger partial charge on any atom is 0.415 e. The molecule has 0 radical (unpaired) electrons. The number of Topliss-reactive ketones (excluding diaryl/α,β-unsaturated/α-hetero) is 1. The SMILES string of the molecule is CCCCCCCCCCCCCCOC(=O)c1ccc(OC)c(NC(=O)C(C(=O)C(C)(C)C)N(C(=O)OC(C)C)c2ccc(N(CC)CC)nc2C)c1. The van der Waals surface area contributed by atoms with E-state index in [1.54, 1.807) is 65.8 Å². The van der Waals surface area contributed by atoms with Gasteiger partial charge in [0, 0.05) is 18.5 Å². The third-order valence-corrected chi connectivity index (χ3v) is 9.34. The Labute approximate surface area is 324 Å². The fourth-order valence-electron chi connectivity index (χ4n) is 6.21. The van der Waals surface area contributed by atoms with Crippen LogP contribution in [-0.2, 0) is 19.1 Å². The summed E-state index contributed by atoms with van der Waals surface area (Å²) in [5.41, 5.74) is 0.0288. The second-order valence-electron chi connectivity index (χ2n) is 15.2. The minimum Gasteiger partial charge on any atom is -0.495 e. The zero-order valence-corrected chi connectivity index (χ0v) is 34.8. The molecule has 302 valence electrons. The van der Waals surface area contributed by atoms with Crippen LogP contribution in [0.1, 0.15) is 148 Å². The van der Waals surface area contributed by atoms with Gasteiger partial charge in [0.25, 0.3) is 5.91 Å². The molecule has 0 saturated carbocycles. The average molecular weight is 753 g/mol. The van der Waals surface area contributed by atoms with E-state index in [-0.39, 0.29) is 22.7 Å². The minimum atomic E-state index is -1.65. The highest BCUT2D eigenvalue weighted by Crippen LogP contribution is 2.32. The molecule has 54 heavy (non-hydrogen) atoms. The number of ketones is 1. The van der Waals surface area contributed by atoms with Crippen molar-refractivity contribution in [1.29, 1.82) is 0 Å². The summed E-state index contributed by atoms with van der Waals surface area (Å²) in [6.07, 6.45) is 13.1. The standard InChI is InChI=1S/C43H68N4O7/c1-11-14-15-16-17-18-19-20-21-22-23-24-29-53-41(50)33-25-27-36(52-10)34(30-33)45-40(49)38(39(48)43(7,8)9)47(42(51)54-31(4)5)35-26-28-37(44-32(35)6)46(12-2)13-3/h25-28,30-31,38H,11-24,29H2,1-10H3,(H,45,49). The molecule has 11 heteroatoms. The number of methoxy groups -OCH3 is 1. The van der Waals surface area contributed by atoms with Crippen molar-refractivity contribution >= 4 is 40.9 Å². The molecule has 2 amide bonds. The van der Waals surface area contributed by atoms with Crippen molar-refractivity contribution in [2.24, 2.45) is 5.41 Å². The number of benzene rings is 1. The molecule has 0 aliphatic carbocycles. The number of ether oxygens (including phenoxy) is 3. The number of carbonyl (C=O) groups excluding carboxylic acids is 4. The Balaban J connectivity index is 2.26. The topological polar surface area (TPSA) is 127 Å². The molecule has 0 aliphatic rings. The fraction of sp³-hybridized carbons (Fsp3) is 0.651. The zero-order valence-electron chi connectivity index (χ0n) is 34.8. The van der Waals surface area contributed by atoms with E-state index >= 15 is 0 Å². The largest absolute Gasteiger partial charge is 0.495 e. The second-order valence-corrected chi connectivity index (χ2v) is 15.2. The molecule has 1 aromatic carbocycles. The van der Waals surface area contributed by atoms with E-state index in [0.717, 1.165) is 37.3 Å². The number of rotatable bonds is 24. The molecule has 0 saturated heterocycles. The number of hydrogen-bond acceptors (Lipinski definition) is 9. The summed E-state index contributed by atoms with van der Waals surface area (Å²) in [5, 5.41) is 2.78. The van der Waals surface area contributed by atoms with Crippen molar-refractivity contribution in [2.45, 2.75) is 152 Å². The van der Waals surface area contributed by atoms with Crippen LogP contribution in [0, 0.1) is 12.3 Å². The van der Waals surface area contributed by atoms with Gasteiger partial charge in [-0.05, 0) is 71.4 Å². The molecule has 1 atom stereocenters. The molecule has 1 N–H and O–H groups in total. The smallest absolute Gasteiger partial charge is 0.415 e. The Bertz CT molecular complexity index is 1480. The third-order valence-electron chi connectivity index (χ3n) is 9.34. The number of anilines is 3. The molecule has 0 fully saturated rings. The molecule has 0 spiro atoms. The van der Waals surface area contributed by atoms with Crippen LogP contribution in [0.15, 0.2) is 30.3 Å². The van der Waals surface area contributed by atoms with Gasteiger partial charge >= 0.3 is 12.1 Å². The molecule has 1 aromatic heterocycles. The lowest BCUT2D eigenvalue weighted by Gasteiger charge is -2.34. The van der Waals surface area contributed by atoms with Crippen molar-refractivity contribution in [3.8, 4) is 5.75 Å². The first-order chi connectivity index (χ1) is 25.7. The summed E-state index contributed by atoms with van der Waals surface area (Å²) in [5.74, 6) is -0.891. The first kappa shape index (κ1) is 46.0. The zero-order chi connectivity index (χ0) is 40.3. The van der Waals surface area contributed by atoms with Crippen LogP contribution >= 0.6 is 0 Å². The van der Waals surface area contributed by atoms with Crippen LogP contribution in [-0.4, -0.2) is 67.7 Å². The van der Waals surface area contributed by atoms with E-state index in [1.807, 2.05) is 13.8 Å². The van der Waals surface area contributed by atoms with E-state index in [0.29, 0.717) is 18.1 Å². The van der Waals surface area contributed by atoms with Gasteiger partial charge in [0.05, 0.1) is 42.5 Å². The summed E-state index contributed by atoms with van der Waals surface area (Å²) in [6, 6.07) is 6.37. The van der Waals surface area contributed by atoms with Crippen molar-refractivity contribution in [2.75, 3.05) is 41.9 Å². The van der Waals surface area contributed by atoms with Crippen molar-refractivity contribution in [3.63, 3.8) is 0 Å². The maximum absolute atomic E-state index is 14.4. The maximum atomic E-state index is 14.4. The van der Waals surface area contributed by atoms with Crippen LogP contribution in [0.2, 0.25) is 0 Å². The summed E-state index contributed by atoms with van der Waals surface area (Å²) in [6.45, 7) is 18.2. The number of carbonyl (C=O) groups is 4. The van der Waals surface area contributed by atoms with Crippen LogP contribution < -0.4 is 19.9 Å². The number of pyridine rings is 1. The molecule has 1 unspecified atom stereocenters. The van der Waals surface area contributed by atoms with Crippen LogP contribution in [0.3, 0.4) is 0 Å². The molecule has 0 bridgehead atoms. The van der Waals surface area contributed by atoms with Gasteiger partial charge in [0.1, 0.15) is 11.6 Å². The van der Waals surface area contributed by atoms with E-state index in [9.17, 15) is 19.2 Å². The quantitative estimate of drug-likeness (QED) is 0.0633. The van der Waals surface area contributed by atoms with Crippen LogP contribution in [0.5, 0.6) is 5.75 Å². The van der Waals surface area contributed by atoms with Crippen LogP contribution in [0.25, 0.3) is 0 Å². The van der Waals surface area contributed by atoms with Gasteiger partial charge in [-0.3, -0.25) is 14.5 Å². The first-order valence-corrected chi connectivity index (χ1v) is 20.1. The van der Waals surface area contributed by atoms with Gasteiger partial charge in [0.2, 0.25) is 0 Å². The van der Waals surface area contributed by atoms with E-state index in [1.165, 1.54) is 71.0 Å². The first-order valence-electron chi connectivity index (χ1n) is 20.1. The lowest BCUT2D eigenvalue weighted by molar-refractivity contribution is -0.132. The van der Waals surface area contributed by atoms with Gasteiger partial charge in [-0.2, -0.15) is 0 Å². The number of unbranched alkanes of at least 4 members (excludes halogenated alkanes) is 11. The van der Waals surface area contributed by atoms with E-state index in [4.69, 9.17) is 19.2 Å². The molecule has 2 aromatic rings. The van der Waals surface area contributed by atoms with Crippen molar-refractivity contribution in [1.82, 2.24) is 4.98 Å². The highest BCUT2D eigenvalue weighted by molar-refractivity contribution is 6.19. The highest BCUT2D eigenvalue weighted by atomic mass is 16.6. The summed E-state index contributed by atoms with van der Waals surface area (Å²) >= 11 is 0. The Kier molecular flexibility index (Phi) is 20.1. The fourth-order valence-corrected chi connectivity index (χ4v) is 6.21. The predicted octanol–water partition coefficient (Wildman–Crippen LogP) is 10.1. The molecule has 1 heterocycles. The number of aryl methyl sites for hydroxylation is 1. The highest BCUT2D eigenvalue weighted by Gasteiger charge is 2.44. The van der Waals surface area contributed by atoms with Gasteiger partial charge in [0.15, 0.2) is 11.8 Å². The van der Waals surface area contributed by atoms with Crippen molar-refractivity contribution < 1.29 is 33.4 Å². The number of hydrogen-bond donors (Lipinski definition) is 1.